The number of aromatic nitrogens is 1. The van der Waals surface area contributed by atoms with Crippen molar-refractivity contribution in [3.8, 4) is 0 Å². The summed E-state index contributed by atoms with van der Waals surface area (Å²) < 4.78 is 0. The quantitative estimate of drug-likeness (QED) is 0.130. The average Bonchev–Trinajstić information content (AvgIpc) is 3.17. The zero-order chi connectivity index (χ0) is 45.9. The molecule has 1 aromatic heterocycles. The Balaban J connectivity index is 0.000000282. The normalized spacial score (nSPS) is 11.1. The van der Waals surface area contributed by atoms with Gasteiger partial charge in [0.15, 0.2) is 0 Å². The second-order valence-electron chi connectivity index (χ2n) is 18.7. The smallest absolute Gasteiger partial charge is 0.253 e. The van der Waals surface area contributed by atoms with Gasteiger partial charge in [-0.3, -0.25) is 24.2 Å². The lowest BCUT2D eigenvalue weighted by molar-refractivity contribution is -0.119. The van der Waals surface area contributed by atoms with Gasteiger partial charge in [0.1, 0.15) is 5.78 Å². The number of ketones is 1. The van der Waals surface area contributed by atoms with Crippen LogP contribution in [0.5, 0.6) is 0 Å². The monoisotopic (exact) mass is 829 g/mol. The maximum Gasteiger partial charge on any atom is 0.253 e. The number of Topliss-reactive ketones (excluding diaryl/α,β-unsaturated/α-hetero) is 1. The number of carbonyl (C=O) groups excluding carboxylic acids is 4. The predicted octanol–water partition coefficient (Wildman–Crippen LogP) is 11.5. The van der Waals surface area contributed by atoms with Gasteiger partial charge in [-0.2, -0.15) is 0 Å². The van der Waals surface area contributed by atoms with Crippen molar-refractivity contribution in [2.75, 3.05) is 0 Å². The Labute approximate surface area is 366 Å². The van der Waals surface area contributed by atoms with E-state index in [1.54, 1.807) is 24.4 Å². The van der Waals surface area contributed by atoms with Crippen LogP contribution in [0.25, 0.3) is 10.9 Å². The molecule has 61 heavy (non-hydrogen) atoms. The minimum atomic E-state index is -0.0701. The van der Waals surface area contributed by atoms with Crippen LogP contribution in [0, 0.1) is 5.92 Å². The number of amides is 3. The summed E-state index contributed by atoms with van der Waals surface area (Å²) in [6.45, 7) is 28.9. The molecule has 0 aliphatic rings. The summed E-state index contributed by atoms with van der Waals surface area (Å²) in [5.41, 5.74) is 6.82. The first-order valence-electron chi connectivity index (χ1n) is 21.5. The molecule has 328 valence electrons. The molecule has 0 bridgehead atoms. The molecule has 8 nitrogen and oxygen atoms in total. The van der Waals surface area contributed by atoms with Crippen molar-refractivity contribution in [2.24, 2.45) is 5.92 Å². The van der Waals surface area contributed by atoms with Crippen LogP contribution in [0.1, 0.15) is 151 Å². The van der Waals surface area contributed by atoms with Gasteiger partial charge in [0.05, 0.1) is 11.1 Å². The van der Waals surface area contributed by atoms with E-state index in [0.717, 1.165) is 22.0 Å². The lowest BCUT2D eigenvalue weighted by Gasteiger charge is -2.19. The van der Waals surface area contributed by atoms with Crippen LogP contribution < -0.4 is 16.0 Å². The Morgan fingerprint density at radius 3 is 1.41 bits per heavy atom. The summed E-state index contributed by atoms with van der Waals surface area (Å²) in [7, 11) is 0. The highest BCUT2D eigenvalue weighted by atomic mass is 16.2. The summed E-state index contributed by atoms with van der Waals surface area (Å²) in [4.78, 5) is 50.9. The molecular weight excluding hydrogens is 757 g/mol. The molecule has 3 N–H and O–H groups in total. The molecule has 4 aromatic carbocycles. The van der Waals surface area contributed by atoms with Crippen LogP contribution in [-0.2, 0) is 22.0 Å². The van der Waals surface area contributed by atoms with E-state index in [-0.39, 0.29) is 46.7 Å². The second-order valence-corrected chi connectivity index (χ2v) is 18.7. The first-order chi connectivity index (χ1) is 28.5. The first kappa shape index (κ1) is 51.5. The molecule has 0 spiro atoms. The zero-order valence-electron chi connectivity index (χ0n) is 39.3. The van der Waals surface area contributed by atoms with Crippen molar-refractivity contribution in [1.82, 2.24) is 20.9 Å². The fraction of sp³-hybridized carbons (Fsp3) is 0.415. The van der Waals surface area contributed by atoms with Crippen molar-refractivity contribution < 1.29 is 19.2 Å². The first-order valence-corrected chi connectivity index (χ1v) is 21.5. The molecule has 0 radical (unpaired) electrons. The highest BCUT2D eigenvalue weighted by Crippen LogP contribution is 2.23. The largest absolute Gasteiger partial charge is 0.350 e. The third-order valence-corrected chi connectivity index (χ3v) is 9.04. The number of nitrogens with zero attached hydrogens (tertiary/aromatic N) is 1. The summed E-state index contributed by atoms with van der Waals surface area (Å²) in [5.74, 6) is 0.709. The summed E-state index contributed by atoms with van der Waals surface area (Å²) in [5, 5.41) is 9.56. The van der Waals surface area contributed by atoms with E-state index in [1.165, 1.54) is 11.1 Å². The van der Waals surface area contributed by atoms with E-state index >= 15 is 0 Å². The van der Waals surface area contributed by atoms with E-state index in [2.05, 4.69) is 101 Å². The van der Waals surface area contributed by atoms with Crippen molar-refractivity contribution in [2.45, 2.75) is 139 Å². The number of nitrogens with one attached hydrogen (secondary N) is 3. The van der Waals surface area contributed by atoms with Gasteiger partial charge < -0.3 is 16.0 Å². The molecular formula is C53H72N4O4. The number of para-hydroxylation sites is 1. The molecule has 0 aliphatic carbocycles. The molecule has 0 saturated heterocycles. The number of hydrogen-bond acceptors (Lipinski definition) is 5. The van der Waals surface area contributed by atoms with Crippen molar-refractivity contribution in [3.05, 3.63) is 149 Å². The molecule has 0 saturated carbocycles. The third-order valence-electron chi connectivity index (χ3n) is 9.04. The molecule has 3 amide bonds. The molecule has 0 atom stereocenters. The van der Waals surface area contributed by atoms with Crippen molar-refractivity contribution >= 4 is 34.4 Å². The third kappa shape index (κ3) is 19.5. The van der Waals surface area contributed by atoms with E-state index in [9.17, 15) is 19.2 Å². The minimum absolute atomic E-state index is 0.00420. The summed E-state index contributed by atoms with van der Waals surface area (Å²) in [6.07, 6.45) is 2.96. The van der Waals surface area contributed by atoms with Gasteiger partial charge in [0.2, 0.25) is 0 Å². The average molecular weight is 829 g/mol. The number of carbonyl (C=O) groups is 4. The van der Waals surface area contributed by atoms with E-state index in [1.807, 2.05) is 108 Å². The van der Waals surface area contributed by atoms with Crippen LogP contribution in [-0.4, -0.2) is 46.6 Å². The number of pyridine rings is 1. The number of rotatable bonds is 10. The van der Waals surface area contributed by atoms with Crippen molar-refractivity contribution in [3.63, 3.8) is 0 Å². The van der Waals surface area contributed by atoms with Gasteiger partial charge in [-0.1, -0.05) is 128 Å². The molecule has 0 unspecified atom stereocenters. The van der Waals surface area contributed by atoms with Crippen LogP contribution in [0.4, 0.5) is 0 Å². The minimum Gasteiger partial charge on any atom is -0.350 e. The fourth-order valence-corrected chi connectivity index (χ4v) is 5.91. The summed E-state index contributed by atoms with van der Waals surface area (Å²) in [6, 6.07) is 35.4. The lowest BCUT2D eigenvalue weighted by Crippen LogP contribution is -2.30. The Hall–Kier alpha value is -5.63. The molecule has 0 fully saturated rings. The molecule has 1 heterocycles. The Morgan fingerprint density at radius 1 is 0.508 bits per heavy atom. The van der Waals surface area contributed by atoms with Gasteiger partial charge in [-0.05, 0) is 111 Å². The Kier molecular flexibility index (Phi) is 20.8. The highest BCUT2D eigenvalue weighted by molar-refractivity contribution is 6.05. The van der Waals surface area contributed by atoms with Crippen LogP contribution in [0.2, 0.25) is 0 Å². The fourth-order valence-electron chi connectivity index (χ4n) is 5.91. The number of benzene rings is 4. The lowest BCUT2D eigenvalue weighted by atomic mass is 9.86. The highest BCUT2D eigenvalue weighted by Gasteiger charge is 2.16. The Morgan fingerprint density at radius 2 is 0.951 bits per heavy atom. The predicted molar refractivity (Wildman–Crippen MR) is 254 cm³/mol. The summed E-state index contributed by atoms with van der Waals surface area (Å²) >= 11 is 0. The maximum atomic E-state index is 11.9. The van der Waals surface area contributed by atoms with Crippen LogP contribution >= 0.6 is 0 Å². The van der Waals surface area contributed by atoms with Gasteiger partial charge in [0.25, 0.3) is 17.7 Å². The van der Waals surface area contributed by atoms with Gasteiger partial charge in [-0.15, -0.1) is 0 Å². The molecule has 8 heteroatoms. The number of hydrogen-bond donors (Lipinski definition) is 3. The standard InChI is InChI=1S/C16H24O.C14H21NO.C13H14N2O.C10H13NO/c1-12(2)10-15(17)11-13-6-8-14(9-7-13)16(3,4)5;1-10(2)15-13(16)11-6-8-12(9-7-11)14(3,4)5;1-9(2)15-13(16)11-7-3-5-10-6-4-8-14-12(10)11;1-8(2)11-10(12)9-6-4-3-5-7-9/h6-9,12H,10-11H2,1-5H3;6-10H,1-5H3,(H,15,16);3-9H,1-2H3,(H,15,16);3-8H,1-2H3,(H,11,12). The van der Waals surface area contributed by atoms with Gasteiger partial charge >= 0.3 is 0 Å². The molecule has 0 aliphatic heterocycles. The molecule has 5 aromatic rings. The zero-order valence-corrected chi connectivity index (χ0v) is 39.3. The van der Waals surface area contributed by atoms with E-state index in [4.69, 9.17) is 0 Å². The van der Waals surface area contributed by atoms with Gasteiger partial charge in [0, 0.05) is 53.7 Å². The SMILES string of the molecule is CC(C)CC(=O)Cc1ccc(C(C)(C)C)cc1.CC(C)NC(=O)c1ccc(C(C)(C)C)cc1.CC(C)NC(=O)c1cccc2cccnc12.CC(C)NC(=O)c1ccccc1. The van der Waals surface area contributed by atoms with Gasteiger partial charge in [-0.25, -0.2) is 0 Å². The van der Waals surface area contributed by atoms with Crippen LogP contribution in [0.15, 0.2) is 115 Å². The van der Waals surface area contributed by atoms with E-state index < -0.39 is 0 Å². The maximum absolute atomic E-state index is 11.9. The Bertz CT molecular complexity index is 2100. The second kappa shape index (κ2) is 24.6. The number of fused-ring (bicyclic) bond motifs is 1. The van der Waals surface area contributed by atoms with E-state index in [0.29, 0.717) is 35.7 Å². The topological polar surface area (TPSA) is 117 Å². The van der Waals surface area contributed by atoms with Crippen molar-refractivity contribution in [1.29, 1.82) is 0 Å². The van der Waals surface area contributed by atoms with Crippen LogP contribution in [0.3, 0.4) is 0 Å². The molecule has 5 rings (SSSR count).